The lowest BCUT2D eigenvalue weighted by atomic mass is 10.1. The summed E-state index contributed by atoms with van der Waals surface area (Å²) in [4.78, 5) is 11.9. The van der Waals surface area contributed by atoms with Crippen LogP contribution in [0.5, 0.6) is 11.5 Å². The molecule has 0 fully saturated rings. The number of nitrogens with one attached hydrogen (secondary N) is 1. The first kappa shape index (κ1) is 18.0. The molecule has 1 N–H and O–H groups in total. The number of aryl methyl sites for hydroxylation is 1. The molecular formula is C18H19BrN2O3. The zero-order valence-electron chi connectivity index (χ0n) is 13.8. The number of amides is 1. The number of halogens is 1. The van der Waals surface area contributed by atoms with Crippen molar-refractivity contribution in [2.75, 3.05) is 13.7 Å². The van der Waals surface area contributed by atoms with Crippen LogP contribution in [0.1, 0.15) is 18.1 Å². The van der Waals surface area contributed by atoms with Gasteiger partial charge < -0.3 is 9.47 Å². The van der Waals surface area contributed by atoms with Gasteiger partial charge in [0, 0.05) is 4.47 Å². The second kappa shape index (κ2) is 8.49. The SMILES string of the molecule is COc1ccc(C(C)=NNC(=O)COc2ccc(Br)cc2C)cc1. The smallest absolute Gasteiger partial charge is 0.277 e. The standard InChI is InChI=1S/C18H19BrN2O3/c1-12-10-15(19)6-9-17(12)24-11-18(22)21-20-13(2)14-4-7-16(23-3)8-5-14/h4-10H,11H2,1-3H3,(H,21,22). The average molecular weight is 391 g/mol. The normalized spacial score (nSPS) is 11.1. The zero-order valence-corrected chi connectivity index (χ0v) is 15.4. The predicted octanol–water partition coefficient (Wildman–Crippen LogP) is 3.69. The van der Waals surface area contributed by atoms with Crippen LogP contribution in [0.4, 0.5) is 0 Å². The van der Waals surface area contributed by atoms with Gasteiger partial charge in [-0.25, -0.2) is 5.43 Å². The van der Waals surface area contributed by atoms with Crippen LogP contribution in [0.25, 0.3) is 0 Å². The van der Waals surface area contributed by atoms with Crippen LogP contribution in [0.2, 0.25) is 0 Å². The Kier molecular flexibility index (Phi) is 6.37. The Labute approximate surface area is 149 Å². The molecular weight excluding hydrogens is 372 g/mol. The van der Waals surface area contributed by atoms with Crippen LogP contribution < -0.4 is 14.9 Å². The van der Waals surface area contributed by atoms with Crippen molar-refractivity contribution in [2.45, 2.75) is 13.8 Å². The van der Waals surface area contributed by atoms with E-state index in [1.807, 2.05) is 56.3 Å². The fourth-order valence-electron chi connectivity index (χ4n) is 1.99. The number of ether oxygens (including phenoxy) is 2. The van der Waals surface area contributed by atoms with Crippen molar-refractivity contribution in [3.8, 4) is 11.5 Å². The summed E-state index contributed by atoms with van der Waals surface area (Å²) in [6, 6.07) is 13.1. The highest BCUT2D eigenvalue weighted by molar-refractivity contribution is 9.10. The number of methoxy groups -OCH3 is 1. The highest BCUT2D eigenvalue weighted by Crippen LogP contribution is 2.21. The topological polar surface area (TPSA) is 59.9 Å². The van der Waals surface area contributed by atoms with Crippen molar-refractivity contribution >= 4 is 27.5 Å². The molecule has 0 bridgehead atoms. The van der Waals surface area contributed by atoms with E-state index >= 15 is 0 Å². The van der Waals surface area contributed by atoms with Gasteiger partial charge in [0.1, 0.15) is 11.5 Å². The number of hydrazone groups is 1. The largest absolute Gasteiger partial charge is 0.497 e. The van der Waals surface area contributed by atoms with Crippen molar-refractivity contribution in [3.05, 3.63) is 58.1 Å². The molecule has 0 aromatic heterocycles. The summed E-state index contributed by atoms with van der Waals surface area (Å²) in [5, 5.41) is 4.09. The van der Waals surface area contributed by atoms with Gasteiger partial charge in [0.05, 0.1) is 12.8 Å². The number of carbonyl (C=O) groups is 1. The summed E-state index contributed by atoms with van der Waals surface area (Å²) in [5.41, 5.74) is 5.05. The number of nitrogens with zero attached hydrogens (tertiary/aromatic N) is 1. The minimum absolute atomic E-state index is 0.0954. The number of benzene rings is 2. The maximum atomic E-state index is 11.9. The molecule has 24 heavy (non-hydrogen) atoms. The minimum Gasteiger partial charge on any atom is -0.497 e. The molecule has 0 heterocycles. The van der Waals surface area contributed by atoms with Crippen LogP contribution in [0.3, 0.4) is 0 Å². The molecule has 0 atom stereocenters. The summed E-state index contributed by atoms with van der Waals surface area (Å²) in [6.45, 7) is 3.65. The van der Waals surface area contributed by atoms with Gasteiger partial charge in [-0.3, -0.25) is 4.79 Å². The van der Waals surface area contributed by atoms with Gasteiger partial charge in [-0.1, -0.05) is 15.9 Å². The fourth-order valence-corrected chi connectivity index (χ4v) is 2.47. The van der Waals surface area contributed by atoms with E-state index in [9.17, 15) is 4.79 Å². The van der Waals surface area contributed by atoms with Gasteiger partial charge in [-0.05, 0) is 67.4 Å². The highest BCUT2D eigenvalue weighted by Gasteiger charge is 2.05. The third-order valence-electron chi connectivity index (χ3n) is 3.35. The van der Waals surface area contributed by atoms with E-state index in [0.717, 1.165) is 21.3 Å². The predicted molar refractivity (Wildman–Crippen MR) is 97.7 cm³/mol. The summed E-state index contributed by atoms with van der Waals surface area (Å²) in [6.07, 6.45) is 0. The highest BCUT2D eigenvalue weighted by atomic mass is 79.9. The molecule has 0 saturated heterocycles. The van der Waals surface area contributed by atoms with Crippen molar-refractivity contribution < 1.29 is 14.3 Å². The number of rotatable bonds is 6. The molecule has 5 nitrogen and oxygen atoms in total. The summed E-state index contributed by atoms with van der Waals surface area (Å²) >= 11 is 3.39. The second-order valence-electron chi connectivity index (χ2n) is 5.16. The third kappa shape index (κ3) is 5.09. The van der Waals surface area contributed by atoms with Crippen LogP contribution in [-0.2, 0) is 4.79 Å². The average Bonchev–Trinajstić information content (AvgIpc) is 2.59. The molecule has 0 aliphatic heterocycles. The zero-order chi connectivity index (χ0) is 17.5. The van der Waals surface area contributed by atoms with E-state index < -0.39 is 0 Å². The maximum Gasteiger partial charge on any atom is 0.277 e. The Morgan fingerprint density at radius 1 is 1.21 bits per heavy atom. The summed E-state index contributed by atoms with van der Waals surface area (Å²) < 4.78 is 11.6. The van der Waals surface area contributed by atoms with E-state index in [-0.39, 0.29) is 12.5 Å². The monoisotopic (exact) mass is 390 g/mol. The van der Waals surface area contributed by atoms with Crippen molar-refractivity contribution in [1.82, 2.24) is 5.43 Å². The lowest BCUT2D eigenvalue weighted by molar-refractivity contribution is -0.123. The molecule has 0 saturated carbocycles. The van der Waals surface area contributed by atoms with Gasteiger partial charge >= 0.3 is 0 Å². The van der Waals surface area contributed by atoms with Crippen molar-refractivity contribution in [2.24, 2.45) is 5.10 Å². The molecule has 2 aromatic carbocycles. The Balaban J connectivity index is 1.89. The molecule has 2 aromatic rings. The third-order valence-corrected chi connectivity index (χ3v) is 3.85. The van der Waals surface area contributed by atoms with Crippen LogP contribution in [-0.4, -0.2) is 25.3 Å². The quantitative estimate of drug-likeness (QED) is 0.604. The molecule has 126 valence electrons. The lowest BCUT2D eigenvalue weighted by Crippen LogP contribution is -2.25. The van der Waals surface area contributed by atoms with E-state index in [2.05, 4.69) is 26.5 Å². The molecule has 0 radical (unpaired) electrons. The van der Waals surface area contributed by atoms with Crippen LogP contribution in [0, 0.1) is 6.92 Å². The molecule has 0 aliphatic carbocycles. The number of hydrogen-bond acceptors (Lipinski definition) is 4. The van der Waals surface area contributed by atoms with Crippen LogP contribution >= 0.6 is 15.9 Å². The Morgan fingerprint density at radius 2 is 1.92 bits per heavy atom. The van der Waals surface area contributed by atoms with Gasteiger partial charge in [-0.2, -0.15) is 5.10 Å². The Hall–Kier alpha value is -2.34. The summed E-state index contributed by atoms with van der Waals surface area (Å²) in [5.74, 6) is 1.13. The van der Waals surface area contributed by atoms with Crippen LogP contribution in [0.15, 0.2) is 52.0 Å². The minimum atomic E-state index is -0.315. The molecule has 6 heteroatoms. The van der Waals surface area contributed by atoms with Crippen molar-refractivity contribution in [3.63, 3.8) is 0 Å². The maximum absolute atomic E-state index is 11.9. The van der Waals surface area contributed by atoms with Gasteiger partial charge in [0.2, 0.25) is 0 Å². The molecule has 0 aliphatic rings. The van der Waals surface area contributed by atoms with Gasteiger partial charge in [-0.15, -0.1) is 0 Å². The van der Waals surface area contributed by atoms with E-state index in [0.29, 0.717) is 11.5 Å². The fraction of sp³-hybridized carbons (Fsp3) is 0.222. The molecule has 0 spiro atoms. The number of hydrogen-bond donors (Lipinski definition) is 1. The molecule has 2 rings (SSSR count). The second-order valence-corrected chi connectivity index (χ2v) is 6.07. The van der Waals surface area contributed by atoms with Crippen molar-refractivity contribution in [1.29, 1.82) is 0 Å². The molecule has 1 amide bonds. The summed E-state index contributed by atoms with van der Waals surface area (Å²) in [7, 11) is 1.61. The van der Waals surface area contributed by atoms with Gasteiger partial charge in [0.25, 0.3) is 5.91 Å². The van der Waals surface area contributed by atoms with Gasteiger partial charge in [0.15, 0.2) is 6.61 Å². The first-order valence-electron chi connectivity index (χ1n) is 7.36. The Morgan fingerprint density at radius 3 is 2.54 bits per heavy atom. The van der Waals surface area contributed by atoms with E-state index in [4.69, 9.17) is 9.47 Å². The Bertz CT molecular complexity index is 742. The van der Waals surface area contributed by atoms with E-state index in [1.165, 1.54) is 0 Å². The lowest BCUT2D eigenvalue weighted by Gasteiger charge is -2.09. The first-order chi connectivity index (χ1) is 11.5. The molecule has 0 unspecified atom stereocenters. The number of carbonyl (C=O) groups excluding carboxylic acids is 1. The first-order valence-corrected chi connectivity index (χ1v) is 8.15. The van der Waals surface area contributed by atoms with E-state index in [1.54, 1.807) is 7.11 Å².